The number of nitrogens with zero attached hydrogens (tertiary/aromatic N) is 4. The summed E-state index contributed by atoms with van der Waals surface area (Å²) in [6, 6.07) is 15.4. The normalized spacial score (nSPS) is 11.3. The molecule has 3 aromatic carbocycles. The number of carbonyl (C=O) groups excluding carboxylic acids is 1. The van der Waals surface area contributed by atoms with Crippen LogP contribution in [0.4, 0.5) is 17.1 Å². The molecule has 0 aliphatic heterocycles. The van der Waals surface area contributed by atoms with Gasteiger partial charge in [-0.2, -0.15) is 5.10 Å². The fourth-order valence-electron chi connectivity index (χ4n) is 3.94. The number of benzene rings is 3. The molecule has 1 amide bonds. The summed E-state index contributed by atoms with van der Waals surface area (Å²) in [6.07, 6.45) is 1.44. The van der Waals surface area contributed by atoms with Crippen LogP contribution in [0.3, 0.4) is 0 Å². The number of ether oxygens (including phenoxy) is 1. The molecule has 0 fully saturated rings. The third-order valence-corrected chi connectivity index (χ3v) is 8.08. The summed E-state index contributed by atoms with van der Waals surface area (Å²) in [5, 5.41) is 15.6. The number of halogens is 1. The van der Waals surface area contributed by atoms with E-state index < -0.39 is 27.4 Å². The molecule has 13 heteroatoms. The molecule has 0 heterocycles. The maximum absolute atomic E-state index is 13.7. The largest absolute Gasteiger partial charge is 0.495 e. The van der Waals surface area contributed by atoms with Crippen LogP contribution in [0.15, 0.2) is 70.7 Å². The lowest BCUT2D eigenvalue weighted by Gasteiger charge is -2.25. The molecule has 0 atom stereocenters. The summed E-state index contributed by atoms with van der Waals surface area (Å²) in [6.45, 7) is 6.65. The summed E-state index contributed by atoms with van der Waals surface area (Å²) in [4.78, 5) is 25.5. The van der Waals surface area contributed by atoms with Gasteiger partial charge in [-0.05, 0) is 62.7 Å². The van der Waals surface area contributed by atoms with Gasteiger partial charge in [-0.25, -0.2) is 13.8 Å². The van der Waals surface area contributed by atoms with Crippen LogP contribution in [0.1, 0.15) is 25.0 Å². The second-order valence-corrected chi connectivity index (χ2v) is 10.9. The molecule has 3 rings (SSSR count). The molecule has 1 N–H and O–H groups in total. The number of hydrogen-bond donors (Lipinski definition) is 1. The fourth-order valence-corrected chi connectivity index (χ4v) is 5.55. The number of aryl methyl sites for hydroxylation is 1. The Bertz CT molecular complexity index is 1510. The van der Waals surface area contributed by atoms with E-state index in [-0.39, 0.29) is 32.6 Å². The van der Waals surface area contributed by atoms with Gasteiger partial charge in [-0.1, -0.05) is 29.8 Å². The van der Waals surface area contributed by atoms with Crippen molar-refractivity contribution in [3.05, 3.63) is 86.9 Å². The number of sulfonamides is 1. The molecular weight excluding hydrogens is 558 g/mol. The van der Waals surface area contributed by atoms with Crippen molar-refractivity contribution in [3.63, 3.8) is 0 Å². The molecule has 0 aliphatic rings. The van der Waals surface area contributed by atoms with Crippen LogP contribution in [-0.2, 0) is 14.8 Å². The second-order valence-electron chi connectivity index (χ2n) is 8.59. The Morgan fingerprint density at radius 1 is 1.10 bits per heavy atom. The molecule has 3 aromatic rings. The van der Waals surface area contributed by atoms with Crippen molar-refractivity contribution in [1.82, 2.24) is 5.43 Å². The zero-order chi connectivity index (χ0) is 29.4. The molecule has 40 heavy (non-hydrogen) atoms. The number of hydrazone groups is 1. The molecule has 0 saturated heterocycles. The quantitative estimate of drug-likeness (QED) is 0.183. The van der Waals surface area contributed by atoms with Gasteiger partial charge in [0.25, 0.3) is 21.6 Å². The van der Waals surface area contributed by atoms with E-state index in [2.05, 4.69) is 29.3 Å². The van der Waals surface area contributed by atoms with E-state index in [9.17, 15) is 23.3 Å². The Balaban J connectivity index is 1.91. The molecule has 0 aliphatic carbocycles. The molecule has 0 saturated carbocycles. The highest BCUT2D eigenvalue weighted by Gasteiger charge is 2.31. The van der Waals surface area contributed by atoms with Gasteiger partial charge < -0.3 is 9.64 Å². The van der Waals surface area contributed by atoms with Gasteiger partial charge in [0.1, 0.15) is 12.3 Å². The summed E-state index contributed by atoms with van der Waals surface area (Å²) in [7, 11) is -3.16. The zero-order valence-electron chi connectivity index (χ0n) is 22.5. The molecule has 11 nitrogen and oxygen atoms in total. The average molecular weight is 588 g/mol. The summed E-state index contributed by atoms with van der Waals surface area (Å²) < 4.78 is 33.6. The van der Waals surface area contributed by atoms with Crippen LogP contribution < -0.4 is 19.4 Å². The molecule has 0 aromatic heterocycles. The standard InChI is InChI=1S/C27H30ClN5O6S/c1-5-31(6-2)22-11-8-20(9-12-22)17-29-30-27(34)18-32(25-15-21(28)10-14-26(25)39-4)40(37,38)23-13-7-19(3)24(16-23)33(35)36/h7-17H,5-6,18H2,1-4H3,(H,30,34)/b29-17+. The fraction of sp³-hybridized carbons (Fsp3) is 0.259. The molecule has 0 bridgehead atoms. The van der Waals surface area contributed by atoms with E-state index in [1.54, 1.807) is 0 Å². The summed E-state index contributed by atoms with van der Waals surface area (Å²) in [5.74, 6) is -0.637. The van der Waals surface area contributed by atoms with Gasteiger partial charge in [0, 0.05) is 35.4 Å². The second kappa shape index (κ2) is 13.3. The van der Waals surface area contributed by atoms with Crippen LogP contribution in [0, 0.1) is 17.0 Å². The zero-order valence-corrected chi connectivity index (χ0v) is 24.1. The van der Waals surface area contributed by atoms with Gasteiger partial charge in [-0.3, -0.25) is 19.2 Å². The smallest absolute Gasteiger partial charge is 0.273 e. The number of amides is 1. The van der Waals surface area contributed by atoms with Crippen LogP contribution >= 0.6 is 11.6 Å². The lowest BCUT2D eigenvalue weighted by molar-refractivity contribution is -0.385. The first-order valence-corrected chi connectivity index (χ1v) is 14.1. The molecule has 0 spiro atoms. The summed E-state index contributed by atoms with van der Waals surface area (Å²) >= 11 is 6.15. The van der Waals surface area contributed by atoms with E-state index in [1.807, 2.05) is 24.3 Å². The highest BCUT2D eigenvalue weighted by Crippen LogP contribution is 2.35. The van der Waals surface area contributed by atoms with E-state index in [1.165, 1.54) is 50.6 Å². The van der Waals surface area contributed by atoms with Crippen LogP contribution in [0.2, 0.25) is 5.02 Å². The lowest BCUT2D eigenvalue weighted by Crippen LogP contribution is -2.39. The van der Waals surface area contributed by atoms with Crippen LogP contribution in [-0.4, -0.2) is 52.2 Å². The van der Waals surface area contributed by atoms with Crippen molar-refractivity contribution < 1.29 is 22.9 Å². The van der Waals surface area contributed by atoms with E-state index in [0.717, 1.165) is 34.7 Å². The number of anilines is 2. The Morgan fingerprint density at radius 2 is 1.77 bits per heavy atom. The maximum atomic E-state index is 13.7. The highest BCUT2D eigenvalue weighted by molar-refractivity contribution is 7.92. The van der Waals surface area contributed by atoms with Crippen LogP contribution in [0.5, 0.6) is 5.75 Å². The van der Waals surface area contributed by atoms with Crippen molar-refractivity contribution in [1.29, 1.82) is 0 Å². The number of nitro groups is 1. The number of rotatable bonds is 12. The highest BCUT2D eigenvalue weighted by atomic mass is 35.5. The Hall–Kier alpha value is -4.16. The first kappa shape index (κ1) is 30.4. The minimum Gasteiger partial charge on any atom is -0.495 e. The Morgan fingerprint density at radius 3 is 2.38 bits per heavy atom. The van der Waals surface area contributed by atoms with Crippen LogP contribution in [0.25, 0.3) is 0 Å². The van der Waals surface area contributed by atoms with Crippen molar-refractivity contribution in [2.75, 3.05) is 35.9 Å². The van der Waals surface area contributed by atoms with Crippen molar-refractivity contribution in [3.8, 4) is 5.75 Å². The monoisotopic (exact) mass is 587 g/mol. The van der Waals surface area contributed by atoms with Gasteiger partial charge >= 0.3 is 0 Å². The lowest BCUT2D eigenvalue weighted by atomic mass is 10.2. The summed E-state index contributed by atoms with van der Waals surface area (Å²) in [5.41, 5.74) is 4.00. The van der Waals surface area contributed by atoms with Crippen molar-refractivity contribution >= 4 is 50.8 Å². The van der Waals surface area contributed by atoms with E-state index in [4.69, 9.17) is 16.3 Å². The minimum absolute atomic E-state index is 0.0238. The van der Waals surface area contributed by atoms with Gasteiger partial charge in [0.05, 0.1) is 28.8 Å². The SMILES string of the molecule is CCN(CC)c1ccc(/C=N/NC(=O)CN(c2cc(Cl)ccc2OC)S(=O)(=O)c2ccc(C)c([N+](=O)[O-])c2)cc1. The number of hydrogen-bond acceptors (Lipinski definition) is 8. The van der Waals surface area contributed by atoms with Gasteiger partial charge in [0.15, 0.2) is 0 Å². The number of methoxy groups -OCH3 is 1. The topological polar surface area (TPSA) is 134 Å². The molecular formula is C27H30ClN5O6S. The third-order valence-electron chi connectivity index (χ3n) is 6.09. The maximum Gasteiger partial charge on any atom is 0.273 e. The molecule has 0 radical (unpaired) electrons. The van der Waals surface area contributed by atoms with Gasteiger partial charge in [0.2, 0.25) is 0 Å². The first-order chi connectivity index (χ1) is 19.0. The Labute approximate surface area is 238 Å². The number of nitrogens with one attached hydrogen (secondary N) is 1. The average Bonchev–Trinajstić information content (AvgIpc) is 2.93. The third kappa shape index (κ3) is 7.07. The number of nitro benzene ring substituents is 1. The predicted molar refractivity (Wildman–Crippen MR) is 156 cm³/mol. The predicted octanol–water partition coefficient (Wildman–Crippen LogP) is 4.76. The Kier molecular flexibility index (Phi) is 10.1. The minimum atomic E-state index is -4.49. The van der Waals surface area contributed by atoms with E-state index in [0.29, 0.717) is 0 Å². The number of carbonyl (C=O) groups is 1. The van der Waals surface area contributed by atoms with Gasteiger partial charge in [-0.15, -0.1) is 0 Å². The molecule has 212 valence electrons. The van der Waals surface area contributed by atoms with Crippen molar-refractivity contribution in [2.45, 2.75) is 25.7 Å². The van der Waals surface area contributed by atoms with Crippen molar-refractivity contribution in [2.24, 2.45) is 5.10 Å². The molecule has 0 unspecified atom stereocenters. The van der Waals surface area contributed by atoms with E-state index >= 15 is 0 Å². The first-order valence-electron chi connectivity index (χ1n) is 12.3.